The normalized spacial score (nSPS) is 14.3. The van der Waals surface area contributed by atoms with E-state index in [1.165, 1.54) is 48.3 Å². The van der Waals surface area contributed by atoms with Crippen LogP contribution in [0.1, 0.15) is 25.7 Å². The summed E-state index contributed by atoms with van der Waals surface area (Å²) in [6, 6.07) is 10.3. The Morgan fingerprint density at radius 3 is 2.55 bits per heavy atom. The van der Waals surface area contributed by atoms with Gasteiger partial charge in [-0.15, -0.1) is 0 Å². The highest BCUT2D eigenvalue weighted by atomic mass is 32.2. The lowest BCUT2D eigenvalue weighted by atomic mass is 10.1. The monoisotopic (exact) mass is 569 g/mol. The average Bonchev–Trinajstić information content (AvgIpc) is 3.40. The van der Waals surface area contributed by atoms with Crippen LogP contribution in [0, 0.1) is 5.82 Å². The molecule has 1 aliphatic rings. The minimum absolute atomic E-state index is 0.0406. The van der Waals surface area contributed by atoms with E-state index >= 15 is 0 Å². The number of hydrogen-bond acceptors (Lipinski definition) is 8. The van der Waals surface area contributed by atoms with Crippen LogP contribution in [-0.4, -0.2) is 61.4 Å². The van der Waals surface area contributed by atoms with E-state index < -0.39 is 15.8 Å². The number of likely N-dealkylation sites (tertiary alicyclic amines) is 1. The van der Waals surface area contributed by atoms with Crippen molar-refractivity contribution in [3.05, 3.63) is 60.7 Å². The molecular formula is C28H32FN5O5S. The fourth-order valence-electron chi connectivity index (χ4n) is 4.65. The minimum atomic E-state index is -3.96. The van der Waals surface area contributed by atoms with Crippen LogP contribution in [0.4, 0.5) is 10.1 Å². The molecule has 2 aromatic heterocycles. The van der Waals surface area contributed by atoms with Crippen LogP contribution in [0.2, 0.25) is 0 Å². The summed E-state index contributed by atoms with van der Waals surface area (Å²) in [5.41, 5.74) is 0.642. The smallest absolute Gasteiger partial charge is 0.281 e. The second kappa shape index (κ2) is 12.1. The van der Waals surface area contributed by atoms with Gasteiger partial charge in [0.15, 0.2) is 28.1 Å². The van der Waals surface area contributed by atoms with E-state index in [0.29, 0.717) is 34.8 Å². The number of pyridine rings is 1. The van der Waals surface area contributed by atoms with Crippen LogP contribution in [0.15, 0.2) is 59.9 Å². The van der Waals surface area contributed by atoms with Crippen LogP contribution < -0.4 is 18.9 Å². The van der Waals surface area contributed by atoms with Crippen LogP contribution >= 0.6 is 0 Å². The number of rotatable bonds is 11. The number of nitrogens with zero attached hydrogens (tertiary/aromatic N) is 4. The van der Waals surface area contributed by atoms with Crippen LogP contribution in [0.5, 0.6) is 23.0 Å². The molecule has 1 N–H and O–H groups in total. The van der Waals surface area contributed by atoms with Gasteiger partial charge in [-0.3, -0.25) is 14.4 Å². The van der Waals surface area contributed by atoms with Crippen molar-refractivity contribution >= 4 is 26.6 Å². The molecule has 2 aromatic carbocycles. The summed E-state index contributed by atoms with van der Waals surface area (Å²) >= 11 is 0. The Morgan fingerprint density at radius 2 is 1.82 bits per heavy atom. The molecule has 0 aliphatic carbocycles. The Labute approximate surface area is 232 Å². The SMILES string of the molecule is COc1cc2c(Oc3ccc(NS(=O)(=O)c4ccn(C)n4)cc3F)ccnc2cc1OCCCN1CCCCC1. The number of aromatic nitrogens is 3. The first kappa shape index (κ1) is 27.7. The number of ether oxygens (including phenoxy) is 3. The summed E-state index contributed by atoms with van der Waals surface area (Å²) in [6.45, 7) is 3.85. The third kappa shape index (κ3) is 6.45. The highest BCUT2D eigenvalue weighted by molar-refractivity contribution is 7.92. The van der Waals surface area contributed by atoms with Gasteiger partial charge in [0, 0.05) is 43.5 Å². The minimum Gasteiger partial charge on any atom is -0.493 e. The first-order valence-electron chi connectivity index (χ1n) is 13.1. The number of sulfonamides is 1. The van der Waals surface area contributed by atoms with Gasteiger partial charge < -0.3 is 19.1 Å². The van der Waals surface area contributed by atoms with Crippen molar-refractivity contribution in [2.24, 2.45) is 7.05 Å². The molecule has 1 saturated heterocycles. The van der Waals surface area contributed by atoms with Crippen molar-refractivity contribution in [1.29, 1.82) is 0 Å². The topological polar surface area (TPSA) is 108 Å². The highest BCUT2D eigenvalue weighted by Crippen LogP contribution is 2.38. The molecule has 1 fully saturated rings. The predicted octanol–water partition coefficient (Wildman–Crippen LogP) is 4.96. The molecule has 0 unspecified atom stereocenters. The van der Waals surface area contributed by atoms with Crippen LogP contribution in [0.25, 0.3) is 10.9 Å². The fourth-order valence-corrected chi connectivity index (χ4v) is 5.67. The average molecular weight is 570 g/mol. The van der Waals surface area contributed by atoms with Crippen molar-refractivity contribution in [1.82, 2.24) is 19.7 Å². The Bertz CT molecular complexity index is 1590. The van der Waals surface area contributed by atoms with Gasteiger partial charge in [0.1, 0.15) is 5.75 Å². The van der Waals surface area contributed by atoms with Gasteiger partial charge in [0.25, 0.3) is 10.0 Å². The first-order chi connectivity index (χ1) is 19.3. The molecule has 0 amide bonds. The number of piperidine rings is 1. The molecule has 0 radical (unpaired) electrons. The molecule has 0 atom stereocenters. The van der Waals surface area contributed by atoms with E-state index in [9.17, 15) is 12.8 Å². The number of aryl methyl sites for hydroxylation is 1. The summed E-state index contributed by atoms with van der Waals surface area (Å²) in [5.74, 6) is 0.634. The van der Waals surface area contributed by atoms with Gasteiger partial charge in [-0.1, -0.05) is 6.42 Å². The second-order valence-electron chi connectivity index (χ2n) is 9.61. The first-order valence-corrected chi connectivity index (χ1v) is 14.6. The molecule has 1 aliphatic heterocycles. The summed E-state index contributed by atoms with van der Waals surface area (Å²) in [5, 5.41) is 4.33. The number of hydrogen-bond donors (Lipinski definition) is 1. The van der Waals surface area contributed by atoms with E-state index in [1.54, 1.807) is 38.6 Å². The molecule has 4 aromatic rings. The Morgan fingerprint density at radius 1 is 1.00 bits per heavy atom. The van der Waals surface area contributed by atoms with Crippen molar-refractivity contribution in [2.75, 3.05) is 38.1 Å². The summed E-state index contributed by atoms with van der Waals surface area (Å²) in [4.78, 5) is 6.90. The van der Waals surface area contributed by atoms with Crippen molar-refractivity contribution in [3.8, 4) is 23.0 Å². The maximum atomic E-state index is 15.0. The summed E-state index contributed by atoms with van der Waals surface area (Å²) in [6.07, 6.45) is 7.81. The molecule has 212 valence electrons. The zero-order valence-corrected chi connectivity index (χ0v) is 23.3. The Hall–Kier alpha value is -3.90. The van der Waals surface area contributed by atoms with Gasteiger partial charge in [0.05, 0.1) is 24.9 Å². The van der Waals surface area contributed by atoms with E-state index in [2.05, 4.69) is 19.7 Å². The zero-order chi connectivity index (χ0) is 28.1. The van der Waals surface area contributed by atoms with Gasteiger partial charge >= 0.3 is 0 Å². The lowest BCUT2D eigenvalue weighted by Crippen LogP contribution is -2.31. The summed E-state index contributed by atoms with van der Waals surface area (Å²) < 4.78 is 61.2. The number of halogens is 1. The molecule has 0 spiro atoms. The van der Waals surface area contributed by atoms with Gasteiger partial charge in [-0.2, -0.15) is 13.5 Å². The summed E-state index contributed by atoms with van der Waals surface area (Å²) in [7, 11) is -0.798. The van der Waals surface area contributed by atoms with E-state index in [1.807, 2.05) is 0 Å². The van der Waals surface area contributed by atoms with E-state index in [4.69, 9.17) is 14.2 Å². The molecule has 3 heterocycles. The molecule has 0 bridgehead atoms. The number of nitrogens with one attached hydrogen (secondary N) is 1. The van der Waals surface area contributed by atoms with Crippen molar-refractivity contribution in [3.63, 3.8) is 0 Å². The molecule has 5 rings (SSSR count). The van der Waals surface area contributed by atoms with Gasteiger partial charge in [-0.25, -0.2) is 4.39 Å². The molecule has 0 saturated carbocycles. The molecule has 12 heteroatoms. The third-order valence-electron chi connectivity index (χ3n) is 6.68. The molecular weight excluding hydrogens is 537 g/mol. The third-order valence-corrected chi connectivity index (χ3v) is 7.95. The van der Waals surface area contributed by atoms with Crippen molar-refractivity contribution < 1.29 is 27.0 Å². The lowest BCUT2D eigenvalue weighted by molar-refractivity contribution is 0.203. The number of anilines is 1. The quantitative estimate of drug-likeness (QED) is 0.253. The van der Waals surface area contributed by atoms with E-state index in [-0.39, 0.29) is 16.5 Å². The van der Waals surface area contributed by atoms with Crippen molar-refractivity contribution in [2.45, 2.75) is 30.7 Å². The predicted molar refractivity (Wildman–Crippen MR) is 149 cm³/mol. The lowest BCUT2D eigenvalue weighted by Gasteiger charge is -2.26. The van der Waals surface area contributed by atoms with E-state index in [0.717, 1.165) is 32.1 Å². The number of fused-ring (bicyclic) bond motifs is 1. The maximum Gasteiger partial charge on any atom is 0.281 e. The highest BCUT2D eigenvalue weighted by Gasteiger charge is 2.19. The Kier molecular flexibility index (Phi) is 8.36. The van der Waals surface area contributed by atoms with Gasteiger partial charge in [0.2, 0.25) is 0 Å². The van der Waals surface area contributed by atoms with Crippen LogP contribution in [-0.2, 0) is 17.1 Å². The molecule has 40 heavy (non-hydrogen) atoms. The second-order valence-corrected chi connectivity index (χ2v) is 11.2. The van der Waals surface area contributed by atoms with Crippen LogP contribution in [0.3, 0.4) is 0 Å². The Balaban J connectivity index is 1.29. The maximum absolute atomic E-state index is 15.0. The fraction of sp³-hybridized carbons (Fsp3) is 0.357. The largest absolute Gasteiger partial charge is 0.493 e. The standard InChI is InChI=1S/C28H32FN5O5S/c1-33-15-10-28(31-33)40(35,36)32-20-7-8-25(22(29)17-20)39-24-9-11-30-23-19-27(26(37-2)18-21(23)24)38-16-6-14-34-12-4-3-5-13-34/h7-11,15,17-19,32H,3-6,12-14,16H2,1-2H3. The number of benzene rings is 2. The van der Waals surface area contributed by atoms with Gasteiger partial charge in [-0.05, 0) is 62.7 Å². The number of methoxy groups -OCH3 is 1. The molecule has 10 nitrogen and oxygen atoms in total. The zero-order valence-electron chi connectivity index (χ0n) is 22.5.